The maximum absolute atomic E-state index is 11.6. The van der Waals surface area contributed by atoms with Crippen molar-refractivity contribution in [2.24, 2.45) is 0 Å². The minimum atomic E-state index is -0.962. The molecular formula is C32H22N6O4S4. The summed E-state index contributed by atoms with van der Waals surface area (Å²) in [5, 5.41) is 24.3. The van der Waals surface area contributed by atoms with Gasteiger partial charge in [-0.15, -0.1) is 45.3 Å². The number of carbonyl (C=O) groups is 2. The lowest BCUT2D eigenvalue weighted by Gasteiger charge is -1.98. The van der Waals surface area contributed by atoms with Gasteiger partial charge in [-0.25, -0.2) is 29.5 Å². The molecule has 0 fully saturated rings. The molecule has 0 aliphatic rings. The van der Waals surface area contributed by atoms with Gasteiger partial charge in [0.05, 0.1) is 22.8 Å². The van der Waals surface area contributed by atoms with Crippen LogP contribution in [-0.2, 0) is 0 Å². The summed E-state index contributed by atoms with van der Waals surface area (Å²) < 4.78 is 3.92. The average Bonchev–Trinajstić information content (AvgIpc) is 3.88. The summed E-state index contributed by atoms with van der Waals surface area (Å²) in [6, 6.07) is 18.8. The van der Waals surface area contributed by atoms with Gasteiger partial charge in [0, 0.05) is 34.3 Å². The number of thiazole rings is 4. The van der Waals surface area contributed by atoms with Crippen LogP contribution in [0.2, 0.25) is 0 Å². The van der Waals surface area contributed by atoms with Gasteiger partial charge in [0.2, 0.25) is 0 Å². The smallest absolute Gasteiger partial charge is 0.348 e. The van der Waals surface area contributed by atoms with E-state index in [-0.39, 0.29) is 9.75 Å². The van der Waals surface area contributed by atoms with E-state index < -0.39 is 11.9 Å². The molecule has 0 saturated heterocycles. The first-order valence-corrected chi connectivity index (χ1v) is 17.1. The van der Waals surface area contributed by atoms with E-state index in [4.69, 9.17) is 0 Å². The van der Waals surface area contributed by atoms with E-state index >= 15 is 0 Å². The number of carboxylic acids is 2. The highest BCUT2D eigenvalue weighted by Crippen LogP contribution is 2.37. The van der Waals surface area contributed by atoms with Crippen molar-refractivity contribution in [3.63, 3.8) is 0 Å². The highest BCUT2D eigenvalue weighted by molar-refractivity contribution is 7.18. The molecule has 6 heterocycles. The van der Waals surface area contributed by atoms with Crippen molar-refractivity contribution in [3.05, 3.63) is 105 Å². The molecular weight excluding hydrogens is 661 g/mol. The Morgan fingerprint density at radius 3 is 1.37 bits per heavy atom. The first-order chi connectivity index (χ1) is 22.3. The Hall–Kier alpha value is -5.02. The largest absolute Gasteiger partial charge is 0.477 e. The van der Waals surface area contributed by atoms with Gasteiger partial charge >= 0.3 is 11.9 Å². The summed E-state index contributed by atoms with van der Waals surface area (Å²) in [7, 11) is 0. The van der Waals surface area contributed by atoms with Crippen molar-refractivity contribution in [1.82, 2.24) is 28.7 Å². The fourth-order valence-corrected chi connectivity index (χ4v) is 8.58. The third kappa shape index (κ3) is 5.30. The average molecular weight is 683 g/mol. The molecule has 0 unspecified atom stereocenters. The SMILES string of the molecule is Cc1nc2sccn2c1-c1nc(-c2ccccc2)c(C(=O)O)s1.Cc1nc2sccn2c1-c1nc(-c2ccccc2)c(C(=O)O)s1. The normalized spacial score (nSPS) is 11.2. The second-order valence-electron chi connectivity index (χ2n) is 9.94. The van der Waals surface area contributed by atoms with Crippen LogP contribution in [0.5, 0.6) is 0 Å². The molecule has 8 rings (SSSR count). The lowest BCUT2D eigenvalue weighted by atomic mass is 10.1. The summed E-state index contributed by atoms with van der Waals surface area (Å²) in [4.78, 5) is 43.8. The zero-order valence-electron chi connectivity index (χ0n) is 24.1. The van der Waals surface area contributed by atoms with Crippen LogP contribution in [0.4, 0.5) is 0 Å². The van der Waals surface area contributed by atoms with Gasteiger partial charge < -0.3 is 10.2 Å². The molecule has 0 amide bonds. The fraction of sp³-hybridized carbons (Fsp3) is 0.0625. The third-order valence-electron chi connectivity index (χ3n) is 7.02. The maximum Gasteiger partial charge on any atom is 0.348 e. The molecule has 8 aromatic rings. The second-order valence-corrected chi connectivity index (χ2v) is 13.7. The van der Waals surface area contributed by atoms with Crippen molar-refractivity contribution in [2.75, 3.05) is 0 Å². The van der Waals surface area contributed by atoms with Crippen LogP contribution in [0.1, 0.15) is 30.7 Å². The van der Waals surface area contributed by atoms with E-state index in [1.54, 1.807) is 22.7 Å². The van der Waals surface area contributed by atoms with Crippen LogP contribution in [-0.4, -0.2) is 50.9 Å². The van der Waals surface area contributed by atoms with E-state index in [2.05, 4.69) is 19.9 Å². The molecule has 10 nitrogen and oxygen atoms in total. The predicted octanol–water partition coefficient (Wildman–Crippen LogP) is 8.39. The van der Waals surface area contributed by atoms with Gasteiger partial charge in [0.15, 0.2) is 9.92 Å². The molecule has 0 aliphatic carbocycles. The molecule has 2 aromatic carbocycles. The molecule has 0 atom stereocenters. The number of benzene rings is 2. The number of aromatic nitrogens is 6. The maximum atomic E-state index is 11.6. The van der Waals surface area contributed by atoms with Crippen LogP contribution in [0.3, 0.4) is 0 Å². The predicted molar refractivity (Wildman–Crippen MR) is 183 cm³/mol. The minimum absolute atomic E-state index is 0.246. The Labute approximate surface area is 277 Å². The van der Waals surface area contributed by atoms with E-state index in [1.807, 2.05) is 106 Å². The molecule has 0 spiro atoms. The molecule has 14 heteroatoms. The lowest BCUT2D eigenvalue weighted by Crippen LogP contribution is -1.95. The van der Waals surface area contributed by atoms with Gasteiger partial charge in [0.25, 0.3) is 0 Å². The highest BCUT2D eigenvalue weighted by Gasteiger charge is 2.24. The molecule has 0 bridgehead atoms. The molecule has 46 heavy (non-hydrogen) atoms. The van der Waals surface area contributed by atoms with Crippen molar-refractivity contribution in [3.8, 4) is 43.9 Å². The lowest BCUT2D eigenvalue weighted by molar-refractivity contribution is 0.0691. The highest BCUT2D eigenvalue weighted by atomic mass is 32.1. The Bertz CT molecular complexity index is 2200. The number of hydrogen-bond donors (Lipinski definition) is 2. The zero-order chi connectivity index (χ0) is 31.9. The van der Waals surface area contributed by atoms with E-state index in [0.29, 0.717) is 21.4 Å². The van der Waals surface area contributed by atoms with Gasteiger partial charge in [-0.2, -0.15) is 0 Å². The van der Waals surface area contributed by atoms with Crippen LogP contribution >= 0.6 is 45.3 Å². The number of fused-ring (bicyclic) bond motifs is 2. The van der Waals surface area contributed by atoms with Crippen LogP contribution < -0.4 is 0 Å². The van der Waals surface area contributed by atoms with Crippen molar-refractivity contribution in [2.45, 2.75) is 13.8 Å². The topological polar surface area (TPSA) is 135 Å². The summed E-state index contributed by atoms with van der Waals surface area (Å²) >= 11 is 5.46. The van der Waals surface area contributed by atoms with Gasteiger partial charge in [-0.1, -0.05) is 60.7 Å². The monoisotopic (exact) mass is 682 g/mol. The standard InChI is InChI=1S/2C16H11N3O2S2/c2*1-9-12(19-7-8-22-16(19)17-9)14-18-11(13(23-14)15(20)21)10-5-3-2-4-6-10/h2*2-8H,1H3,(H,20,21). The molecule has 2 N–H and O–H groups in total. The number of carboxylic acid groups (broad SMARTS) is 2. The second kappa shape index (κ2) is 12.1. The molecule has 228 valence electrons. The van der Waals surface area contributed by atoms with Crippen LogP contribution in [0, 0.1) is 13.8 Å². The Balaban J connectivity index is 0.000000147. The summed E-state index contributed by atoms with van der Waals surface area (Å²) in [6.07, 6.45) is 3.86. The van der Waals surface area contributed by atoms with Crippen molar-refractivity contribution in [1.29, 1.82) is 0 Å². The fourth-order valence-electron chi connectivity index (χ4n) is 5.02. The number of aryl methyl sites for hydroxylation is 2. The zero-order valence-corrected chi connectivity index (χ0v) is 27.4. The van der Waals surface area contributed by atoms with E-state index in [1.165, 1.54) is 22.7 Å². The third-order valence-corrected chi connectivity index (χ3v) is 10.6. The summed E-state index contributed by atoms with van der Waals surface area (Å²) in [5.74, 6) is -1.92. The molecule has 0 aliphatic heterocycles. The van der Waals surface area contributed by atoms with E-state index in [0.717, 1.165) is 43.8 Å². The van der Waals surface area contributed by atoms with Crippen molar-refractivity contribution < 1.29 is 19.8 Å². The number of hydrogen-bond acceptors (Lipinski definition) is 10. The van der Waals surface area contributed by atoms with Gasteiger partial charge in [-0.3, -0.25) is 8.80 Å². The Morgan fingerprint density at radius 2 is 1.00 bits per heavy atom. The molecule has 0 saturated carbocycles. The number of nitrogens with zero attached hydrogens (tertiary/aromatic N) is 6. The minimum Gasteiger partial charge on any atom is -0.477 e. The number of imidazole rings is 2. The van der Waals surface area contributed by atoms with E-state index in [9.17, 15) is 19.8 Å². The Kier molecular flexibility index (Phi) is 7.78. The Morgan fingerprint density at radius 1 is 0.609 bits per heavy atom. The summed E-state index contributed by atoms with van der Waals surface area (Å²) in [5.41, 5.74) is 6.02. The van der Waals surface area contributed by atoms with Crippen LogP contribution in [0.25, 0.3) is 53.8 Å². The number of rotatable bonds is 6. The van der Waals surface area contributed by atoms with Gasteiger partial charge in [-0.05, 0) is 13.8 Å². The first-order valence-electron chi connectivity index (χ1n) is 13.7. The molecule has 6 aromatic heterocycles. The summed E-state index contributed by atoms with van der Waals surface area (Å²) in [6.45, 7) is 3.83. The number of aromatic carboxylic acids is 2. The quantitative estimate of drug-likeness (QED) is 0.179. The van der Waals surface area contributed by atoms with Crippen LogP contribution in [0.15, 0.2) is 83.8 Å². The van der Waals surface area contributed by atoms with Crippen molar-refractivity contribution >= 4 is 67.2 Å². The van der Waals surface area contributed by atoms with Gasteiger partial charge in [0.1, 0.15) is 31.2 Å². The first kappa shape index (κ1) is 29.7. The molecule has 0 radical (unpaired) electrons.